The second kappa shape index (κ2) is 5.96. The number of fused-ring (bicyclic) bond motifs is 2. The number of carbonyl (C=O) groups is 1. The van der Waals surface area contributed by atoms with E-state index in [0.29, 0.717) is 18.2 Å². The fourth-order valence-electron chi connectivity index (χ4n) is 4.24. The molecule has 2 aliphatic rings. The van der Waals surface area contributed by atoms with Gasteiger partial charge in [-0.25, -0.2) is 5.43 Å². The Bertz CT molecular complexity index is 826. The van der Waals surface area contributed by atoms with Gasteiger partial charge in [0.05, 0.1) is 5.56 Å². The smallest absolute Gasteiger partial charge is 0.305 e. The molecule has 1 amide bonds. The lowest BCUT2D eigenvalue weighted by atomic mass is 9.70. The fourth-order valence-corrected chi connectivity index (χ4v) is 4.24. The van der Waals surface area contributed by atoms with Gasteiger partial charge in [-0.1, -0.05) is 20.8 Å². The Labute approximate surface area is 149 Å². The van der Waals surface area contributed by atoms with Crippen LogP contribution in [0, 0.1) is 16.7 Å². The van der Waals surface area contributed by atoms with Crippen LogP contribution >= 0.6 is 0 Å². The van der Waals surface area contributed by atoms with Crippen molar-refractivity contribution in [3.05, 3.63) is 34.2 Å². The third kappa shape index (κ3) is 2.95. The Hall–Kier alpha value is -2.12. The van der Waals surface area contributed by atoms with Crippen LogP contribution in [0.5, 0.6) is 0 Å². The molecule has 0 aliphatic heterocycles. The van der Waals surface area contributed by atoms with Crippen LogP contribution in [0.3, 0.4) is 0 Å². The maximum Gasteiger partial charge on any atom is 0.417 e. The van der Waals surface area contributed by atoms with Crippen LogP contribution < -0.4 is 11.0 Å². The van der Waals surface area contributed by atoms with Crippen molar-refractivity contribution in [3.8, 4) is 0 Å². The molecule has 2 saturated carbocycles. The first-order valence-corrected chi connectivity index (χ1v) is 8.59. The number of nitrogens with one attached hydrogen (secondary N) is 1. The number of alkyl halides is 3. The maximum absolute atomic E-state index is 12.8. The summed E-state index contributed by atoms with van der Waals surface area (Å²) in [5.74, 6) is -0.0997. The quantitative estimate of drug-likeness (QED) is 0.832. The largest absolute Gasteiger partial charge is 0.417 e. The van der Waals surface area contributed by atoms with E-state index in [1.165, 1.54) is 0 Å². The Morgan fingerprint density at radius 2 is 2.04 bits per heavy atom. The molecule has 1 aromatic rings. The molecule has 1 N–H and O–H groups in total. The summed E-state index contributed by atoms with van der Waals surface area (Å²) in [7, 11) is 0. The van der Waals surface area contributed by atoms with Crippen molar-refractivity contribution in [1.82, 2.24) is 9.99 Å². The molecule has 142 valence electrons. The maximum atomic E-state index is 12.8. The normalized spacial score (nSPS) is 28.5. The zero-order valence-electron chi connectivity index (χ0n) is 15.0. The molecule has 0 radical (unpaired) electrons. The second-order valence-electron chi connectivity index (χ2n) is 7.97. The van der Waals surface area contributed by atoms with Crippen LogP contribution in [0.4, 0.5) is 13.2 Å². The summed E-state index contributed by atoms with van der Waals surface area (Å²) in [6, 6.07) is 1.51. The number of hydrogen-bond acceptors (Lipinski definition) is 3. The van der Waals surface area contributed by atoms with Gasteiger partial charge in [0.25, 0.3) is 11.5 Å². The number of pyridine rings is 1. The first-order valence-electron chi connectivity index (χ1n) is 8.59. The minimum absolute atomic E-state index is 0.0853. The highest BCUT2D eigenvalue weighted by atomic mass is 19.4. The molecule has 1 aromatic heterocycles. The fraction of sp³-hybridized carbons (Fsp3) is 0.611. The number of nitrogens with zero attached hydrogens (tertiary/aromatic N) is 2. The van der Waals surface area contributed by atoms with E-state index >= 15 is 0 Å². The molecule has 2 fully saturated rings. The van der Waals surface area contributed by atoms with Gasteiger partial charge in [-0.2, -0.15) is 18.3 Å². The summed E-state index contributed by atoms with van der Waals surface area (Å²) in [5.41, 5.74) is 1.71. The monoisotopic (exact) mass is 369 g/mol. The third-order valence-electron chi connectivity index (χ3n) is 6.45. The van der Waals surface area contributed by atoms with Gasteiger partial charge in [0.15, 0.2) is 0 Å². The first-order chi connectivity index (χ1) is 11.9. The van der Waals surface area contributed by atoms with Crippen LogP contribution in [-0.4, -0.2) is 16.2 Å². The molecule has 8 heteroatoms. The predicted octanol–water partition coefficient (Wildman–Crippen LogP) is 3.19. The highest BCUT2D eigenvalue weighted by molar-refractivity contribution is 5.95. The Morgan fingerprint density at radius 1 is 1.35 bits per heavy atom. The number of halogens is 3. The van der Waals surface area contributed by atoms with E-state index in [2.05, 4.69) is 31.3 Å². The second-order valence-corrected chi connectivity index (χ2v) is 7.97. The van der Waals surface area contributed by atoms with Crippen molar-refractivity contribution in [2.75, 3.05) is 0 Å². The SMILES string of the molecule is CC12CCC(C/C1=N\NC(=O)Cn1cc(C(F)(F)F)ccc1=O)C2(C)C. The average Bonchev–Trinajstić information content (AvgIpc) is 2.87. The Balaban J connectivity index is 1.72. The summed E-state index contributed by atoms with van der Waals surface area (Å²) >= 11 is 0. The molecule has 0 spiro atoms. The predicted molar refractivity (Wildman–Crippen MR) is 90.5 cm³/mol. The summed E-state index contributed by atoms with van der Waals surface area (Å²) < 4.78 is 39.0. The number of aromatic nitrogens is 1. The molecule has 5 nitrogen and oxygen atoms in total. The van der Waals surface area contributed by atoms with Gasteiger partial charge in [0.2, 0.25) is 0 Å². The van der Waals surface area contributed by atoms with Crippen molar-refractivity contribution in [1.29, 1.82) is 0 Å². The zero-order chi connectivity index (χ0) is 19.3. The number of rotatable bonds is 3. The molecule has 1 heterocycles. The van der Waals surface area contributed by atoms with E-state index in [9.17, 15) is 22.8 Å². The molecule has 2 aliphatic carbocycles. The zero-order valence-corrected chi connectivity index (χ0v) is 15.0. The highest BCUT2D eigenvalue weighted by Crippen LogP contribution is 2.63. The van der Waals surface area contributed by atoms with Crippen LogP contribution in [0.1, 0.15) is 45.6 Å². The topological polar surface area (TPSA) is 63.5 Å². The van der Waals surface area contributed by atoms with Crippen molar-refractivity contribution >= 4 is 11.6 Å². The molecular weight excluding hydrogens is 347 g/mol. The Morgan fingerprint density at radius 3 is 2.58 bits per heavy atom. The van der Waals surface area contributed by atoms with Gasteiger partial charge >= 0.3 is 6.18 Å². The Kier molecular flexibility index (Phi) is 4.28. The summed E-state index contributed by atoms with van der Waals surface area (Å²) in [5, 5.41) is 4.25. The average molecular weight is 369 g/mol. The highest BCUT2D eigenvalue weighted by Gasteiger charge is 2.60. The van der Waals surface area contributed by atoms with E-state index in [1.54, 1.807) is 0 Å². The lowest BCUT2D eigenvalue weighted by Gasteiger charge is -2.34. The lowest BCUT2D eigenvalue weighted by molar-refractivity contribution is -0.138. The third-order valence-corrected chi connectivity index (χ3v) is 6.45. The van der Waals surface area contributed by atoms with Gasteiger partial charge in [0, 0.05) is 23.4 Å². The van der Waals surface area contributed by atoms with E-state index in [4.69, 9.17) is 0 Å². The van der Waals surface area contributed by atoms with E-state index in [0.717, 1.165) is 35.6 Å². The van der Waals surface area contributed by atoms with E-state index in [1.807, 2.05) is 0 Å². The van der Waals surface area contributed by atoms with Crippen LogP contribution in [0.25, 0.3) is 0 Å². The minimum atomic E-state index is -4.57. The standard InChI is InChI=1S/C18H22F3N3O2/c1-16(2)11-6-7-17(16,3)13(8-11)22-23-14(25)10-24-9-12(18(19,20)21)4-5-15(24)26/h4-5,9,11H,6-8,10H2,1-3H3,(H,23,25)/b22-13+. The van der Waals surface area contributed by atoms with Gasteiger partial charge in [-0.15, -0.1) is 0 Å². The summed E-state index contributed by atoms with van der Waals surface area (Å²) in [4.78, 5) is 23.8. The summed E-state index contributed by atoms with van der Waals surface area (Å²) in [6.07, 6.45) is -0.970. The van der Waals surface area contributed by atoms with Crippen molar-refractivity contribution in [3.63, 3.8) is 0 Å². The molecule has 0 saturated heterocycles. The number of hydrogen-bond donors (Lipinski definition) is 1. The van der Waals surface area contributed by atoms with Crippen molar-refractivity contribution in [2.24, 2.45) is 21.8 Å². The summed E-state index contributed by atoms with van der Waals surface area (Å²) in [6.45, 7) is 6.04. The van der Waals surface area contributed by atoms with Crippen molar-refractivity contribution in [2.45, 2.75) is 52.8 Å². The van der Waals surface area contributed by atoms with E-state index < -0.39 is 29.8 Å². The van der Waals surface area contributed by atoms with Gasteiger partial charge in [0.1, 0.15) is 6.54 Å². The molecule has 2 unspecified atom stereocenters. The first kappa shape index (κ1) is 18.7. The number of hydrazone groups is 1. The van der Waals surface area contributed by atoms with Crippen LogP contribution in [0.2, 0.25) is 0 Å². The number of amides is 1. The lowest BCUT2D eigenvalue weighted by Crippen LogP contribution is -2.35. The molecule has 3 rings (SSSR count). The molecule has 26 heavy (non-hydrogen) atoms. The molecular formula is C18H22F3N3O2. The van der Waals surface area contributed by atoms with Gasteiger partial charge < -0.3 is 4.57 Å². The van der Waals surface area contributed by atoms with E-state index in [-0.39, 0.29) is 10.8 Å². The minimum Gasteiger partial charge on any atom is -0.305 e. The number of carbonyl (C=O) groups excluding carboxylic acids is 1. The molecule has 2 atom stereocenters. The van der Waals surface area contributed by atoms with Crippen LogP contribution in [-0.2, 0) is 17.5 Å². The molecule has 2 bridgehead atoms. The van der Waals surface area contributed by atoms with Gasteiger partial charge in [-0.3, -0.25) is 9.59 Å². The van der Waals surface area contributed by atoms with Gasteiger partial charge in [-0.05, 0) is 36.7 Å². The van der Waals surface area contributed by atoms with Crippen LogP contribution in [0.15, 0.2) is 28.2 Å². The molecule has 0 aromatic carbocycles. The van der Waals surface area contributed by atoms with Crippen molar-refractivity contribution < 1.29 is 18.0 Å².